The highest BCUT2D eigenvalue weighted by molar-refractivity contribution is 7.18. The van der Waals surface area contributed by atoms with Crippen LogP contribution in [0.25, 0.3) is 10.6 Å². The number of amides is 2. The van der Waals surface area contributed by atoms with Crippen LogP contribution in [0, 0.1) is 11.6 Å². The van der Waals surface area contributed by atoms with Gasteiger partial charge in [-0.15, -0.1) is 10.2 Å². The number of nitrogens with zero attached hydrogens (tertiary/aromatic N) is 2. The van der Waals surface area contributed by atoms with Gasteiger partial charge >= 0.3 is 0 Å². The third kappa shape index (κ3) is 9.51. The van der Waals surface area contributed by atoms with Crippen molar-refractivity contribution >= 4 is 28.3 Å². The molecule has 0 saturated carbocycles. The summed E-state index contributed by atoms with van der Waals surface area (Å²) in [5, 5.41) is 28.6. The number of aliphatic hydroxyl groups is 1. The number of carbonyl (C=O) groups is 2. The number of nitrogens with one attached hydrogen (secondary N) is 3. The van der Waals surface area contributed by atoms with Crippen molar-refractivity contribution in [2.75, 3.05) is 11.9 Å². The highest BCUT2D eigenvalue weighted by Gasteiger charge is 2.23. The molecule has 0 aliphatic rings. The maximum Gasteiger partial charge on any atom is 0.226 e. The molecule has 0 saturated heterocycles. The number of aryl methyl sites for hydroxylation is 1. The second-order valence-electron chi connectivity index (χ2n) is 9.85. The summed E-state index contributed by atoms with van der Waals surface area (Å²) >= 11 is 1.22. The lowest BCUT2D eigenvalue weighted by Crippen LogP contribution is -2.48. The molecule has 0 aliphatic carbocycles. The lowest BCUT2D eigenvalue weighted by Gasteiger charge is -2.25. The van der Waals surface area contributed by atoms with Crippen molar-refractivity contribution in [3.05, 3.63) is 101 Å². The lowest BCUT2D eigenvalue weighted by atomic mass is 10.00. The Morgan fingerprint density at radius 3 is 2.33 bits per heavy atom. The van der Waals surface area contributed by atoms with Gasteiger partial charge in [-0.2, -0.15) is 0 Å². The quantitative estimate of drug-likeness (QED) is 0.169. The van der Waals surface area contributed by atoms with Crippen molar-refractivity contribution in [1.29, 1.82) is 0 Å². The van der Waals surface area contributed by atoms with Gasteiger partial charge in [0.15, 0.2) is 0 Å². The summed E-state index contributed by atoms with van der Waals surface area (Å²) in [6.07, 6.45) is -0.457. The van der Waals surface area contributed by atoms with Crippen LogP contribution in [0.3, 0.4) is 0 Å². The van der Waals surface area contributed by atoms with Gasteiger partial charge in [-0.05, 0) is 41.7 Å². The van der Waals surface area contributed by atoms with Crippen molar-refractivity contribution in [2.45, 2.75) is 51.3 Å². The van der Waals surface area contributed by atoms with Gasteiger partial charge in [-0.1, -0.05) is 72.9 Å². The van der Waals surface area contributed by atoms with Crippen LogP contribution in [0.1, 0.15) is 36.5 Å². The molecular weight excluding hydrogens is 560 g/mol. The highest BCUT2D eigenvalue weighted by Crippen LogP contribution is 2.26. The summed E-state index contributed by atoms with van der Waals surface area (Å²) in [5.74, 6) is -2.39. The van der Waals surface area contributed by atoms with E-state index < -0.39 is 35.6 Å². The Bertz CT molecular complexity index is 1460. The van der Waals surface area contributed by atoms with E-state index in [1.807, 2.05) is 48.5 Å². The van der Waals surface area contributed by atoms with Gasteiger partial charge in [0.05, 0.1) is 12.1 Å². The summed E-state index contributed by atoms with van der Waals surface area (Å²) in [7, 11) is 0. The molecule has 4 aromatic rings. The maximum absolute atomic E-state index is 13.8. The molecule has 0 radical (unpaired) electrons. The zero-order chi connectivity index (χ0) is 29.9. The normalized spacial score (nSPS) is 12.5. The van der Waals surface area contributed by atoms with E-state index in [1.165, 1.54) is 16.9 Å². The predicted octanol–water partition coefficient (Wildman–Crippen LogP) is 4.64. The molecule has 2 atom stereocenters. The lowest BCUT2D eigenvalue weighted by molar-refractivity contribution is -0.125. The molecular formula is C31H33F2N5O3S. The number of hydrogen-bond acceptors (Lipinski definition) is 7. The molecule has 1 heterocycles. The summed E-state index contributed by atoms with van der Waals surface area (Å²) in [6.45, 7) is 2.69. The van der Waals surface area contributed by atoms with Gasteiger partial charge in [0.2, 0.25) is 16.9 Å². The zero-order valence-electron chi connectivity index (χ0n) is 23.1. The van der Waals surface area contributed by atoms with Crippen molar-refractivity contribution in [3.8, 4) is 10.6 Å². The number of benzene rings is 3. The van der Waals surface area contributed by atoms with Crippen LogP contribution in [-0.2, 0) is 29.0 Å². The smallest absolute Gasteiger partial charge is 0.226 e. The standard InChI is InChI=1S/C31H33F2N5O3S/c1-2-20-7-6-8-21(13-20)18-34-19-27(39)26(16-22-14-24(32)17-25(33)15-22)35-28(40)11-12-29(41)36-31-38-37-30(42-31)23-9-4-3-5-10-23/h3-10,13-15,17,26-27,34,39H,2,11-12,16,18-19H2,1H3,(H,35,40)(H,36,38,41)/t26-,27-/m0/s1. The average Bonchev–Trinajstić information content (AvgIpc) is 3.44. The van der Waals surface area contributed by atoms with Crippen LogP contribution < -0.4 is 16.0 Å². The van der Waals surface area contributed by atoms with E-state index in [-0.39, 0.29) is 31.4 Å². The van der Waals surface area contributed by atoms with Crippen molar-refractivity contribution in [1.82, 2.24) is 20.8 Å². The molecule has 0 aliphatic heterocycles. The number of rotatable bonds is 14. The fourth-order valence-corrected chi connectivity index (χ4v) is 5.16. The molecule has 220 valence electrons. The fraction of sp³-hybridized carbons (Fsp3) is 0.290. The number of aliphatic hydroxyl groups excluding tert-OH is 1. The molecule has 0 spiro atoms. The molecule has 0 fully saturated rings. The van der Waals surface area contributed by atoms with Gasteiger partial charge in [0.1, 0.15) is 16.6 Å². The predicted molar refractivity (Wildman–Crippen MR) is 159 cm³/mol. The van der Waals surface area contributed by atoms with Gasteiger partial charge in [0.25, 0.3) is 0 Å². The van der Waals surface area contributed by atoms with Crippen molar-refractivity contribution < 1.29 is 23.5 Å². The second kappa shape index (κ2) is 15.2. The Morgan fingerprint density at radius 2 is 1.60 bits per heavy atom. The number of aromatic nitrogens is 2. The largest absolute Gasteiger partial charge is 0.390 e. The first kappa shape index (κ1) is 30.9. The second-order valence-corrected chi connectivity index (χ2v) is 10.8. The highest BCUT2D eigenvalue weighted by atomic mass is 32.1. The van der Waals surface area contributed by atoms with E-state index in [0.717, 1.165) is 35.7 Å². The minimum atomic E-state index is -1.07. The number of carbonyl (C=O) groups excluding carboxylic acids is 2. The van der Waals surface area contributed by atoms with E-state index in [1.54, 1.807) is 0 Å². The summed E-state index contributed by atoms with van der Waals surface area (Å²) < 4.78 is 27.7. The minimum Gasteiger partial charge on any atom is -0.390 e. The van der Waals surface area contributed by atoms with Gasteiger partial charge in [-0.25, -0.2) is 8.78 Å². The van der Waals surface area contributed by atoms with Crippen LogP contribution in [0.5, 0.6) is 0 Å². The van der Waals surface area contributed by atoms with Crippen molar-refractivity contribution in [3.63, 3.8) is 0 Å². The average molecular weight is 594 g/mol. The molecule has 3 aromatic carbocycles. The Labute approximate surface area is 247 Å². The molecule has 4 N–H and O–H groups in total. The number of halogens is 2. The van der Waals surface area contributed by atoms with Gasteiger partial charge < -0.3 is 21.1 Å². The molecule has 42 heavy (non-hydrogen) atoms. The van der Waals surface area contributed by atoms with Crippen LogP contribution in [0.2, 0.25) is 0 Å². The molecule has 11 heteroatoms. The maximum atomic E-state index is 13.8. The van der Waals surface area contributed by atoms with E-state index in [4.69, 9.17) is 0 Å². The Morgan fingerprint density at radius 1 is 0.881 bits per heavy atom. The first-order chi connectivity index (χ1) is 20.3. The third-order valence-electron chi connectivity index (χ3n) is 6.54. The van der Waals surface area contributed by atoms with Crippen LogP contribution in [-0.4, -0.2) is 45.8 Å². The topological polar surface area (TPSA) is 116 Å². The van der Waals surface area contributed by atoms with E-state index in [9.17, 15) is 23.5 Å². The van der Waals surface area contributed by atoms with Crippen LogP contribution in [0.15, 0.2) is 72.8 Å². The third-order valence-corrected chi connectivity index (χ3v) is 7.43. The summed E-state index contributed by atoms with van der Waals surface area (Å²) in [4.78, 5) is 25.3. The van der Waals surface area contributed by atoms with E-state index >= 15 is 0 Å². The Balaban J connectivity index is 1.32. The summed E-state index contributed by atoms with van der Waals surface area (Å²) in [5.41, 5.74) is 3.41. The molecule has 0 bridgehead atoms. The SMILES string of the molecule is CCc1cccc(CNC[C@H](O)[C@H](Cc2cc(F)cc(F)c2)NC(=O)CCC(=O)Nc2nnc(-c3ccccc3)s2)c1. The number of hydrogen-bond donors (Lipinski definition) is 4. The monoisotopic (exact) mass is 593 g/mol. The van der Waals surface area contributed by atoms with E-state index in [2.05, 4.69) is 39.1 Å². The molecule has 0 unspecified atom stereocenters. The van der Waals surface area contributed by atoms with Crippen molar-refractivity contribution in [2.24, 2.45) is 0 Å². The molecule has 8 nitrogen and oxygen atoms in total. The molecule has 2 amide bonds. The molecule has 4 rings (SSSR count). The van der Waals surface area contributed by atoms with Gasteiger partial charge in [0, 0.05) is 37.6 Å². The first-order valence-corrected chi connectivity index (χ1v) is 14.5. The Kier molecular flexibility index (Phi) is 11.2. The van der Waals surface area contributed by atoms with Crippen LogP contribution in [0.4, 0.5) is 13.9 Å². The molecule has 1 aromatic heterocycles. The Hall–Kier alpha value is -4.06. The van der Waals surface area contributed by atoms with E-state index in [0.29, 0.717) is 16.7 Å². The minimum absolute atomic E-state index is 0.00612. The summed E-state index contributed by atoms with van der Waals surface area (Å²) in [6, 6.07) is 19.7. The van der Waals surface area contributed by atoms with Crippen LogP contribution >= 0.6 is 11.3 Å². The number of anilines is 1. The fourth-order valence-electron chi connectivity index (χ4n) is 4.39. The van der Waals surface area contributed by atoms with Gasteiger partial charge in [-0.3, -0.25) is 9.59 Å². The zero-order valence-corrected chi connectivity index (χ0v) is 24.0. The first-order valence-electron chi connectivity index (χ1n) is 13.7.